The third-order valence-corrected chi connectivity index (χ3v) is 6.80. The van der Waals surface area contributed by atoms with Crippen molar-refractivity contribution in [2.24, 2.45) is 0 Å². The number of unbranched alkanes of at least 4 members (excludes halogenated alkanes) is 24. The van der Waals surface area contributed by atoms with Crippen molar-refractivity contribution >= 4 is 10.4 Å². The van der Waals surface area contributed by atoms with Crippen molar-refractivity contribution in [1.82, 2.24) is 0 Å². The molecule has 0 unspecified atom stereocenters. The van der Waals surface area contributed by atoms with E-state index in [4.69, 9.17) is 22.3 Å². The van der Waals surface area contributed by atoms with E-state index in [0.29, 0.717) is 0 Å². The maximum absolute atomic E-state index is 8.52. The monoisotopic (exact) mass is 604 g/mol. The summed E-state index contributed by atoms with van der Waals surface area (Å²) in [6.07, 6.45) is 44.4. The van der Waals surface area contributed by atoms with Crippen molar-refractivity contribution in [1.29, 1.82) is 0 Å². The fourth-order valence-corrected chi connectivity index (χ4v) is 4.50. The van der Waals surface area contributed by atoms with Crippen LogP contribution < -0.4 is 59.1 Å². The van der Waals surface area contributed by atoms with Gasteiger partial charge in [0.25, 0.3) is 0 Å². The first-order chi connectivity index (χ1) is 18.4. The fourth-order valence-electron chi connectivity index (χ4n) is 4.50. The van der Waals surface area contributed by atoms with Gasteiger partial charge in [-0.25, -0.2) is 0 Å². The Morgan fingerprint density at radius 3 is 0.875 bits per heavy atom. The Morgan fingerprint density at radius 1 is 0.450 bits per heavy atom. The van der Waals surface area contributed by atoms with E-state index >= 15 is 0 Å². The summed E-state index contributed by atoms with van der Waals surface area (Å²) in [7, 11) is -5.17. The van der Waals surface area contributed by atoms with Crippen molar-refractivity contribution in [3.05, 3.63) is 24.7 Å². The molecule has 0 heterocycles. The van der Waals surface area contributed by atoms with Gasteiger partial charge in [0.1, 0.15) is 0 Å². The first-order valence-electron chi connectivity index (χ1n) is 16.0. The van der Waals surface area contributed by atoms with Crippen LogP contribution in [0.3, 0.4) is 0 Å². The zero-order valence-electron chi connectivity index (χ0n) is 27.1. The molecule has 0 amide bonds. The molecule has 0 atom stereocenters. The van der Waals surface area contributed by atoms with E-state index in [-0.39, 0.29) is 59.1 Å². The molecule has 0 spiro atoms. The van der Waals surface area contributed by atoms with E-state index in [0.717, 1.165) is 12.8 Å². The van der Waals surface area contributed by atoms with Gasteiger partial charge in [0, 0.05) is 10.4 Å². The summed E-state index contributed by atoms with van der Waals surface area (Å²) in [5, 5.41) is 0. The summed E-state index contributed by atoms with van der Waals surface area (Å²) in [4.78, 5) is 0. The smallest absolute Gasteiger partial charge is 0.759 e. The molecule has 228 valence electrons. The van der Waals surface area contributed by atoms with Crippen LogP contribution in [0.5, 0.6) is 0 Å². The molecule has 0 aliphatic rings. The molecule has 0 radical (unpaired) electrons. The van der Waals surface area contributed by atoms with Gasteiger partial charge in [0.05, 0.1) is 12.5 Å². The average Bonchev–Trinajstić information content (AvgIpc) is 2.87. The van der Waals surface area contributed by atoms with Gasteiger partial charge in [-0.2, -0.15) is 0 Å². The molecular weight excluding hydrogens is 542 g/mol. The average molecular weight is 605 g/mol. The third kappa shape index (κ3) is 58.7. The molecule has 0 saturated carbocycles. The van der Waals surface area contributed by atoms with Crippen LogP contribution in [0.15, 0.2) is 24.7 Å². The van der Waals surface area contributed by atoms with Crippen molar-refractivity contribution in [2.75, 3.05) is 0 Å². The van der Waals surface area contributed by atoms with Gasteiger partial charge in [-0.05, 0) is 37.8 Å². The van der Waals surface area contributed by atoms with Crippen molar-refractivity contribution in [3.63, 3.8) is 0 Å². The second-order valence-corrected chi connectivity index (χ2v) is 11.5. The first kappa shape index (κ1) is 48.1. The SMILES string of the molecule is CCCCCCCCCCCCCCC=COC=CCCCCCCCCCCCCCC.O=S(=O)([O-])[O-].[Na+].[Na+]. The van der Waals surface area contributed by atoms with Crippen LogP contribution in [0.1, 0.15) is 181 Å². The summed E-state index contributed by atoms with van der Waals surface area (Å²) in [5.41, 5.74) is 0. The number of hydrogen-bond donors (Lipinski definition) is 0. The normalized spacial score (nSPS) is 11.2. The van der Waals surface area contributed by atoms with Gasteiger partial charge in [0.15, 0.2) is 0 Å². The van der Waals surface area contributed by atoms with E-state index in [1.54, 1.807) is 0 Å². The molecule has 8 heteroatoms. The predicted octanol–water partition coefficient (Wildman–Crippen LogP) is 4.88. The van der Waals surface area contributed by atoms with E-state index in [9.17, 15) is 0 Å². The molecule has 0 aromatic carbocycles. The Morgan fingerprint density at radius 2 is 0.650 bits per heavy atom. The van der Waals surface area contributed by atoms with Crippen molar-refractivity contribution < 1.29 is 81.4 Å². The minimum absolute atomic E-state index is 0. The molecule has 40 heavy (non-hydrogen) atoms. The van der Waals surface area contributed by atoms with Crippen LogP contribution in [0.4, 0.5) is 0 Å². The largest absolute Gasteiger partial charge is 1.00 e. The summed E-state index contributed by atoms with van der Waals surface area (Å²) >= 11 is 0. The zero-order valence-corrected chi connectivity index (χ0v) is 32.0. The Labute approximate surface area is 294 Å². The van der Waals surface area contributed by atoms with Gasteiger partial charge in [0.2, 0.25) is 0 Å². The minimum atomic E-state index is -5.17. The van der Waals surface area contributed by atoms with E-state index in [2.05, 4.69) is 26.0 Å². The molecule has 5 nitrogen and oxygen atoms in total. The number of hydrogen-bond acceptors (Lipinski definition) is 5. The quantitative estimate of drug-likeness (QED) is 0.0418. The Kier molecular flexibility index (Phi) is 50.8. The zero-order chi connectivity index (χ0) is 28.4. The van der Waals surface area contributed by atoms with Crippen LogP contribution in [0.25, 0.3) is 0 Å². The van der Waals surface area contributed by atoms with E-state index < -0.39 is 10.4 Å². The molecule has 0 bridgehead atoms. The van der Waals surface area contributed by atoms with Crippen LogP contribution in [0, 0.1) is 0 Å². The summed E-state index contributed by atoms with van der Waals surface area (Å²) in [6.45, 7) is 4.59. The summed E-state index contributed by atoms with van der Waals surface area (Å²) in [5.74, 6) is 0. The Bertz CT molecular complexity index is 554. The second-order valence-electron chi connectivity index (χ2n) is 10.6. The molecule has 0 N–H and O–H groups in total. The molecule has 0 aromatic rings. The Hall–Kier alpha value is 1.15. The van der Waals surface area contributed by atoms with Crippen LogP contribution in [-0.4, -0.2) is 17.5 Å². The number of allylic oxidation sites excluding steroid dienone is 2. The van der Waals surface area contributed by atoms with Gasteiger partial charge < -0.3 is 13.8 Å². The molecule has 0 aliphatic heterocycles. The van der Waals surface area contributed by atoms with Crippen LogP contribution in [-0.2, 0) is 15.1 Å². The molecule has 0 aromatic heterocycles. The van der Waals surface area contributed by atoms with Crippen LogP contribution in [0.2, 0.25) is 0 Å². The van der Waals surface area contributed by atoms with E-state index in [1.165, 1.54) is 154 Å². The van der Waals surface area contributed by atoms with Gasteiger partial charge in [-0.15, -0.1) is 0 Å². The van der Waals surface area contributed by atoms with Gasteiger partial charge in [-0.3, -0.25) is 8.42 Å². The summed E-state index contributed by atoms with van der Waals surface area (Å²) < 4.78 is 39.6. The third-order valence-electron chi connectivity index (χ3n) is 6.80. The maximum atomic E-state index is 8.52. The standard InChI is InChI=1S/C32H62O.2Na.H2O4S/c1-3-5-7-9-11-13-15-17-19-21-23-25-27-29-31-33-32-30-28-26-24-22-20-18-16-14-12-10-8-6-4-2;;;1-5(2,3)4/h29-32H,3-28H2,1-2H3;;;(H2,1,2,3,4)/q;2*+1;/p-2. The number of rotatable bonds is 28. The second kappa shape index (κ2) is 42.3. The predicted molar refractivity (Wildman–Crippen MR) is 161 cm³/mol. The first-order valence-corrected chi connectivity index (χ1v) is 17.4. The van der Waals surface area contributed by atoms with Crippen molar-refractivity contribution in [3.8, 4) is 0 Å². The topological polar surface area (TPSA) is 89.5 Å². The molecule has 0 fully saturated rings. The maximum Gasteiger partial charge on any atom is 1.00 e. The van der Waals surface area contributed by atoms with E-state index in [1.807, 2.05) is 12.5 Å². The minimum Gasteiger partial charge on any atom is -0.759 e. The molecule has 0 rings (SSSR count). The summed E-state index contributed by atoms with van der Waals surface area (Å²) in [6, 6.07) is 0. The molecule has 0 saturated heterocycles. The van der Waals surface area contributed by atoms with Crippen molar-refractivity contribution in [2.45, 2.75) is 181 Å². The van der Waals surface area contributed by atoms with Crippen LogP contribution >= 0.6 is 0 Å². The van der Waals surface area contributed by atoms with Gasteiger partial charge in [-0.1, -0.05) is 155 Å². The molecular formula is C32H62Na2O5S. The fraction of sp³-hybridized carbons (Fsp3) is 0.875. The number of ether oxygens (including phenoxy) is 1. The molecule has 0 aliphatic carbocycles. The Balaban J connectivity index is -0.000000843. The van der Waals surface area contributed by atoms with Gasteiger partial charge >= 0.3 is 59.1 Å².